The summed E-state index contributed by atoms with van der Waals surface area (Å²) in [4.78, 5) is 11.2. The number of hydrogen-bond donors (Lipinski definition) is 0. The molecule has 1 aromatic rings. The van der Waals surface area contributed by atoms with Gasteiger partial charge in [-0.3, -0.25) is 4.79 Å². The Kier molecular flexibility index (Phi) is 2.90. The molecule has 0 aliphatic heterocycles. The Morgan fingerprint density at radius 1 is 1.31 bits per heavy atom. The number of carbonyl (C=O) groups is 1. The lowest BCUT2D eigenvalue weighted by Crippen LogP contribution is -1.96. The Balaban J connectivity index is 2.08. The zero-order valence-corrected chi connectivity index (χ0v) is 10.2. The molecule has 0 bridgehead atoms. The molecular weight excluding hydrogens is 220 g/mol. The van der Waals surface area contributed by atoms with Crippen molar-refractivity contribution in [1.82, 2.24) is 0 Å². The van der Waals surface area contributed by atoms with Crippen LogP contribution >= 0.6 is 11.6 Å². The largest absolute Gasteiger partial charge is 0.281 e. The van der Waals surface area contributed by atoms with Crippen molar-refractivity contribution in [3.05, 3.63) is 42.0 Å². The molecule has 2 atom stereocenters. The second kappa shape index (κ2) is 4.06. The second-order valence-electron chi connectivity index (χ2n) is 4.90. The van der Waals surface area contributed by atoms with E-state index in [2.05, 4.69) is 26.0 Å². The van der Waals surface area contributed by atoms with Crippen LogP contribution in [0.4, 0.5) is 0 Å². The molecule has 1 aliphatic rings. The maximum Gasteiger partial charge on any atom is 0.225 e. The highest BCUT2D eigenvalue weighted by Crippen LogP contribution is 2.60. The highest BCUT2D eigenvalue weighted by atomic mass is 35.5. The number of benzene rings is 1. The summed E-state index contributed by atoms with van der Waals surface area (Å²) in [6.07, 6.45) is 4.16. The second-order valence-corrected chi connectivity index (χ2v) is 5.27. The number of carbonyl (C=O) groups excluding carboxylic acids is 1. The predicted octanol–water partition coefficient (Wildman–Crippen LogP) is 3.74. The van der Waals surface area contributed by atoms with E-state index in [1.165, 1.54) is 0 Å². The Bertz CT molecular complexity index is 420. The first-order chi connectivity index (χ1) is 7.53. The fourth-order valence-corrected chi connectivity index (χ4v) is 2.67. The third-order valence-corrected chi connectivity index (χ3v) is 3.69. The number of hydrogen-bond acceptors (Lipinski definition) is 1. The standard InChI is InChI=1S/C14H15ClO/c1-14(2)11(12(14)13(15)16)9-8-10-6-4-3-5-7-10/h3-9,11-12H,1-2H3/b9-8+. The van der Waals surface area contributed by atoms with Crippen LogP contribution < -0.4 is 0 Å². The van der Waals surface area contributed by atoms with Crippen LogP contribution in [0.1, 0.15) is 19.4 Å². The number of allylic oxidation sites excluding steroid dienone is 1. The lowest BCUT2D eigenvalue weighted by molar-refractivity contribution is -0.113. The average Bonchev–Trinajstić information content (AvgIpc) is 2.79. The van der Waals surface area contributed by atoms with Gasteiger partial charge in [0.2, 0.25) is 5.24 Å². The van der Waals surface area contributed by atoms with E-state index in [9.17, 15) is 4.79 Å². The molecule has 0 N–H and O–H groups in total. The van der Waals surface area contributed by atoms with Crippen molar-refractivity contribution in [2.45, 2.75) is 13.8 Å². The molecule has 0 saturated heterocycles. The van der Waals surface area contributed by atoms with Crippen LogP contribution in [-0.2, 0) is 4.79 Å². The zero-order chi connectivity index (χ0) is 11.8. The molecule has 1 nitrogen and oxygen atoms in total. The Hall–Kier alpha value is -1.08. The quantitative estimate of drug-likeness (QED) is 0.729. The van der Waals surface area contributed by atoms with Crippen LogP contribution in [0.25, 0.3) is 6.08 Å². The average molecular weight is 235 g/mol. The molecule has 2 rings (SSSR count). The van der Waals surface area contributed by atoms with Gasteiger partial charge in [-0.1, -0.05) is 56.3 Å². The summed E-state index contributed by atoms with van der Waals surface area (Å²) in [5.74, 6) is 0.256. The summed E-state index contributed by atoms with van der Waals surface area (Å²) in [6, 6.07) is 10.1. The monoisotopic (exact) mass is 234 g/mol. The first kappa shape index (κ1) is 11.4. The van der Waals surface area contributed by atoms with Crippen molar-refractivity contribution in [3.63, 3.8) is 0 Å². The van der Waals surface area contributed by atoms with Gasteiger partial charge in [0.05, 0.1) is 0 Å². The minimum absolute atomic E-state index is 0.0180. The van der Waals surface area contributed by atoms with Gasteiger partial charge in [-0.25, -0.2) is 0 Å². The third kappa shape index (κ3) is 2.05. The molecule has 2 heteroatoms. The fraction of sp³-hybridized carbons (Fsp3) is 0.357. The molecule has 0 heterocycles. The molecule has 0 amide bonds. The summed E-state index contributed by atoms with van der Waals surface area (Å²) in [7, 11) is 0. The smallest absolute Gasteiger partial charge is 0.225 e. The van der Waals surface area contributed by atoms with E-state index >= 15 is 0 Å². The molecule has 2 unspecified atom stereocenters. The first-order valence-corrected chi connectivity index (χ1v) is 5.84. The molecule has 0 spiro atoms. The van der Waals surface area contributed by atoms with Crippen molar-refractivity contribution in [1.29, 1.82) is 0 Å². The fourth-order valence-electron chi connectivity index (χ4n) is 2.25. The minimum Gasteiger partial charge on any atom is -0.281 e. The zero-order valence-electron chi connectivity index (χ0n) is 9.48. The minimum atomic E-state index is -0.215. The SMILES string of the molecule is CC1(C)C(/C=C/c2ccccc2)C1C(=O)Cl. The van der Waals surface area contributed by atoms with E-state index in [1.807, 2.05) is 30.3 Å². The topological polar surface area (TPSA) is 17.1 Å². The van der Waals surface area contributed by atoms with Crippen molar-refractivity contribution in [2.24, 2.45) is 17.3 Å². The summed E-state index contributed by atoms with van der Waals surface area (Å²) < 4.78 is 0. The predicted molar refractivity (Wildman–Crippen MR) is 67.1 cm³/mol. The van der Waals surface area contributed by atoms with Crippen LogP contribution in [-0.4, -0.2) is 5.24 Å². The van der Waals surface area contributed by atoms with Gasteiger partial charge in [-0.15, -0.1) is 0 Å². The van der Waals surface area contributed by atoms with E-state index in [-0.39, 0.29) is 22.5 Å². The molecule has 1 saturated carbocycles. The highest BCUT2D eigenvalue weighted by molar-refractivity contribution is 6.64. The third-order valence-electron chi connectivity index (χ3n) is 3.45. The van der Waals surface area contributed by atoms with Crippen molar-refractivity contribution in [2.75, 3.05) is 0 Å². The summed E-state index contributed by atoms with van der Waals surface area (Å²) in [5.41, 5.74) is 1.18. The van der Waals surface area contributed by atoms with Gasteiger partial charge in [-0.2, -0.15) is 0 Å². The molecule has 1 aliphatic carbocycles. The summed E-state index contributed by atoms with van der Waals surface area (Å²) in [5, 5.41) is -0.215. The van der Waals surface area contributed by atoms with E-state index < -0.39 is 0 Å². The van der Waals surface area contributed by atoms with Gasteiger partial charge < -0.3 is 0 Å². The van der Waals surface area contributed by atoms with Crippen molar-refractivity contribution < 1.29 is 4.79 Å². The van der Waals surface area contributed by atoms with E-state index in [4.69, 9.17) is 11.6 Å². The first-order valence-electron chi connectivity index (χ1n) is 5.46. The van der Waals surface area contributed by atoms with Crippen LogP contribution in [0.5, 0.6) is 0 Å². The molecule has 16 heavy (non-hydrogen) atoms. The number of halogens is 1. The summed E-state index contributed by atoms with van der Waals surface area (Å²) >= 11 is 5.56. The van der Waals surface area contributed by atoms with Crippen molar-refractivity contribution in [3.8, 4) is 0 Å². The Morgan fingerprint density at radius 3 is 2.44 bits per heavy atom. The van der Waals surface area contributed by atoms with E-state index in [1.54, 1.807) is 0 Å². The van der Waals surface area contributed by atoms with Crippen molar-refractivity contribution >= 4 is 22.9 Å². The molecule has 1 aromatic carbocycles. The lowest BCUT2D eigenvalue weighted by Gasteiger charge is -1.96. The lowest BCUT2D eigenvalue weighted by atomic mass is 10.1. The normalized spacial score (nSPS) is 26.9. The van der Waals surface area contributed by atoms with Crippen LogP contribution in [0.3, 0.4) is 0 Å². The van der Waals surface area contributed by atoms with Gasteiger partial charge in [0.25, 0.3) is 0 Å². The highest BCUT2D eigenvalue weighted by Gasteiger charge is 2.59. The van der Waals surface area contributed by atoms with E-state index in [0.29, 0.717) is 0 Å². The maximum absolute atomic E-state index is 11.2. The molecule has 84 valence electrons. The Labute approximate surface area is 101 Å². The summed E-state index contributed by atoms with van der Waals surface area (Å²) in [6.45, 7) is 4.16. The van der Waals surface area contributed by atoms with Gasteiger partial charge >= 0.3 is 0 Å². The molecular formula is C14H15ClO. The Morgan fingerprint density at radius 2 is 1.94 bits per heavy atom. The van der Waals surface area contributed by atoms with Crippen LogP contribution in [0.2, 0.25) is 0 Å². The van der Waals surface area contributed by atoms with Crippen LogP contribution in [0, 0.1) is 17.3 Å². The van der Waals surface area contributed by atoms with Crippen LogP contribution in [0.15, 0.2) is 36.4 Å². The maximum atomic E-state index is 11.2. The molecule has 1 fully saturated rings. The number of rotatable bonds is 3. The molecule has 0 aromatic heterocycles. The van der Waals surface area contributed by atoms with Gasteiger partial charge in [-0.05, 0) is 28.5 Å². The van der Waals surface area contributed by atoms with Gasteiger partial charge in [0.1, 0.15) is 0 Å². The molecule has 0 radical (unpaired) electrons. The van der Waals surface area contributed by atoms with E-state index in [0.717, 1.165) is 5.56 Å². The van der Waals surface area contributed by atoms with Gasteiger partial charge in [0.15, 0.2) is 0 Å². The van der Waals surface area contributed by atoms with Gasteiger partial charge in [0, 0.05) is 5.92 Å².